The van der Waals surface area contributed by atoms with Crippen molar-refractivity contribution in [2.75, 3.05) is 6.61 Å². The number of amides is 2. The van der Waals surface area contributed by atoms with Crippen LogP contribution in [-0.2, 0) is 23.4 Å². The van der Waals surface area contributed by atoms with E-state index in [0.717, 1.165) is 24.8 Å². The Hall–Kier alpha value is -2.40. The summed E-state index contributed by atoms with van der Waals surface area (Å²) in [4.78, 5) is 29.5. The van der Waals surface area contributed by atoms with Gasteiger partial charge in [-0.3, -0.25) is 14.5 Å². The fourth-order valence-corrected chi connectivity index (χ4v) is 10.2. The normalized spacial score (nSPS) is 40.1. The molecule has 4 bridgehead atoms. The van der Waals surface area contributed by atoms with Crippen molar-refractivity contribution < 1.29 is 33.0 Å². The zero-order valence-corrected chi connectivity index (χ0v) is 26.1. The molecule has 7 aliphatic rings. The maximum atomic E-state index is 14.1. The van der Waals surface area contributed by atoms with Crippen molar-refractivity contribution in [3.63, 3.8) is 0 Å². The minimum absolute atomic E-state index is 0.254. The third kappa shape index (κ3) is 4.93. The van der Waals surface area contributed by atoms with E-state index >= 15 is 0 Å². The van der Waals surface area contributed by atoms with Crippen LogP contribution in [0.2, 0.25) is 19.6 Å². The van der Waals surface area contributed by atoms with Crippen LogP contribution in [0.15, 0.2) is 54.6 Å². The summed E-state index contributed by atoms with van der Waals surface area (Å²) in [7, 11) is -2.24. The second-order valence-electron chi connectivity index (χ2n) is 14.6. The molecule has 9 rings (SSSR count). The quantitative estimate of drug-likeness (QED) is 0.310. The Balaban J connectivity index is 1.19. The van der Waals surface area contributed by atoms with Gasteiger partial charge < -0.3 is 23.4 Å². The van der Waals surface area contributed by atoms with Gasteiger partial charge in [0.15, 0.2) is 20.9 Å². The number of carbonyl (C=O) groups excluding carboxylic acids is 2. The average molecular weight is 604 g/mol. The van der Waals surface area contributed by atoms with Crippen LogP contribution in [-0.4, -0.2) is 67.9 Å². The van der Waals surface area contributed by atoms with Gasteiger partial charge in [0.25, 0.3) is 11.8 Å². The van der Waals surface area contributed by atoms with Crippen molar-refractivity contribution in [3.05, 3.63) is 71.3 Å². The summed E-state index contributed by atoms with van der Waals surface area (Å²) in [6, 6.07) is 16.1. The van der Waals surface area contributed by atoms with E-state index in [1.165, 1.54) is 24.2 Å². The molecule has 8 nitrogen and oxygen atoms in total. The van der Waals surface area contributed by atoms with Gasteiger partial charge in [0, 0.05) is 5.56 Å². The molecular weight excluding hydrogens is 562 g/mol. The number of fused-ring (bicyclic) bond motifs is 2. The first-order chi connectivity index (χ1) is 20.7. The van der Waals surface area contributed by atoms with Gasteiger partial charge in [-0.2, -0.15) is 0 Å². The van der Waals surface area contributed by atoms with Gasteiger partial charge in [0.05, 0.1) is 29.4 Å². The molecule has 6 atom stereocenters. The fraction of sp³-hybridized carbons (Fsp3) is 0.588. The zero-order chi connectivity index (χ0) is 29.5. The van der Waals surface area contributed by atoms with Crippen molar-refractivity contribution in [1.82, 2.24) is 4.90 Å². The monoisotopic (exact) mass is 603 g/mol. The van der Waals surface area contributed by atoms with Crippen LogP contribution in [0.4, 0.5) is 0 Å². The van der Waals surface area contributed by atoms with Crippen molar-refractivity contribution in [2.45, 2.75) is 101 Å². The molecule has 9 heteroatoms. The number of ether oxygens (including phenoxy) is 4. The third-order valence-corrected chi connectivity index (χ3v) is 11.3. The lowest BCUT2D eigenvalue weighted by Crippen LogP contribution is -2.70. The smallest absolute Gasteiger partial charge is 0.261 e. The maximum absolute atomic E-state index is 14.1. The van der Waals surface area contributed by atoms with E-state index in [1.54, 1.807) is 24.3 Å². The van der Waals surface area contributed by atoms with Crippen molar-refractivity contribution >= 4 is 20.1 Å². The first-order valence-corrected chi connectivity index (χ1v) is 19.4. The molecule has 4 saturated carbocycles. The number of nitrogens with zero attached hydrogens (tertiary/aromatic N) is 1. The third-order valence-electron chi connectivity index (χ3n) is 10.3. The van der Waals surface area contributed by atoms with Gasteiger partial charge in [-0.1, -0.05) is 42.5 Å². The predicted molar refractivity (Wildman–Crippen MR) is 160 cm³/mol. The van der Waals surface area contributed by atoms with Crippen LogP contribution in [0, 0.1) is 17.8 Å². The van der Waals surface area contributed by atoms with E-state index in [0.29, 0.717) is 28.9 Å². The molecule has 2 saturated heterocycles. The fourth-order valence-electron chi connectivity index (χ4n) is 9.17. The lowest BCUT2D eigenvalue weighted by atomic mass is 9.54. The summed E-state index contributed by atoms with van der Waals surface area (Å²) in [5, 5.41) is 0. The highest BCUT2D eigenvalue weighted by Gasteiger charge is 2.60. The molecule has 0 N–H and O–H groups in total. The van der Waals surface area contributed by atoms with E-state index < -0.39 is 45.3 Å². The van der Waals surface area contributed by atoms with Crippen LogP contribution in [0.1, 0.15) is 71.1 Å². The molecular formula is C34H41NO7Si. The van der Waals surface area contributed by atoms with Crippen molar-refractivity contribution in [2.24, 2.45) is 17.8 Å². The lowest BCUT2D eigenvalue weighted by molar-refractivity contribution is -0.368. The molecule has 2 amide bonds. The Labute approximate surface area is 254 Å². The second kappa shape index (κ2) is 10.3. The standard InChI is InChI=1S/C34H41NO7Si/c1-43(2,3)42-29-27(35-30(36)24-11-7-8-12-25(24)31(35)37)28-26(19-38-32(40-28)23-9-5-4-6-10-23)39-33(29)41-34-16-20-13-21(17-34)15-22(14-20)18-34/h4-12,20-22,26-29,32-33H,13-19H2,1-3H3/t20?,21?,22?,26-,27+,28-,29+,32-,33-,34?/m1/s1. The molecule has 0 spiro atoms. The van der Waals surface area contributed by atoms with E-state index in [4.69, 9.17) is 23.4 Å². The van der Waals surface area contributed by atoms with Crippen LogP contribution < -0.4 is 0 Å². The number of imide groups is 1. The van der Waals surface area contributed by atoms with Gasteiger partial charge in [0.1, 0.15) is 18.3 Å². The Morgan fingerprint density at radius 2 is 1.40 bits per heavy atom. The number of hydrogen-bond donors (Lipinski definition) is 0. The van der Waals surface area contributed by atoms with Gasteiger partial charge in [-0.15, -0.1) is 0 Å². The molecule has 2 aromatic rings. The number of hydrogen-bond acceptors (Lipinski definition) is 7. The molecule has 43 heavy (non-hydrogen) atoms. The highest BCUT2D eigenvalue weighted by Crippen LogP contribution is 2.58. The van der Waals surface area contributed by atoms with Crippen LogP contribution in [0.25, 0.3) is 0 Å². The first kappa shape index (κ1) is 28.1. The van der Waals surface area contributed by atoms with Gasteiger partial charge in [0.2, 0.25) is 0 Å². The molecule has 0 radical (unpaired) electrons. The van der Waals surface area contributed by atoms with Crippen LogP contribution in [0.5, 0.6) is 0 Å². The summed E-state index contributed by atoms with van der Waals surface area (Å²) in [5.74, 6) is 1.43. The molecule has 3 heterocycles. The van der Waals surface area contributed by atoms with Crippen LogP contribution >= 0.6 is 0 Å². The zero-order valence-electron chi connectivity index (χ0n) is 25.1. The molecule has 0 unspecified atom stereocenters. The van der Waals surface area contributed by atoms with Gasteiger partial charge in [-0.25, -0.2) is 0 Å². The minimum atomic E-state index is -2.24. The van der Waals surface area contributed by atoms with Crippen molar-refractivity contribution in [1.29, 1.82) is 0 Å². The lowest BCUT2D eigenvalue weighted by Gasteiger charge is -2.59. The molecule has 3 aliphatic heterocycles. The summed E-state index contributed by atoms with van der Waals surface area (Å²) in [5.41, 5.74) is 1.43. The predicted octanol–water partition coefficient (Wildman–Crippen LogP) is 5.70. The van der Waals surface area contributed by atoms with Gasteiger partial charge in [-0.05, 0) is 88.1 Å². The summed E-state index contributed by atoms with van der Waals surface area (Å²) in [6.45, 7) is 6.62. The molecule has 2 aromatic carbocycles. The van der Waals surface area contributed by atoms with E-state index in [-0.39, 0.29) is 24.0 Å². The molecule has 6 fully saturated rings. The summed E-state index contributed by atoms with van der Waals surface area (Å²) >= 11 is 0. The second-order valence-corrected chi connectivity index (χ2v) is 19.1. The molecule has 0 aromatic heterocycles. The summed E-state index contributed by atoms with van der Waals surface area (Å²) < 4.78 is 33.8. The minimum Gasteiger partial charge on any atom is -0.407 e. The Kier molecular flexibility index (Phi) is 6.74. The van der Waals surface area contributed by atoms with Gasteiger partial charge >= 0.3 is 0 Å². The summed E-state index contributed by atoms with van der Waals surface area (Å²) in [6.07, 6.45) is 3.71. The number of rotatable bonds is 6. The topological polar surface area (TPSA) is 83.5 Å². The highest BCUT2D eigenvalue weighted by atomic mass is 28.4. The highest BCUT2D eigenvalue weighted by molar-refractivity contribution is 6.69. The number of carbonyl (C=O) groups is 2. The first-order valence-electron chi connectivity index (χ1n) is 16.0. The Morgan fingerprint density at radius 1 is 0.814 bits per heavy atom. The van der Waals surface area contributed by atoms with E-state index in [1.807, 2.05) is 30.3 Å². The number of benzene rings is 2. The van der Waals surface area contributed by atoms with E-state index in [2.05, 4.69) is 19.6 Å². The molecule has 4 aliphatic carbocycles. The largest absolute Gasteiger partial charge is 0.407 e. The Bertz CT molecular complexity index is 1340. The Morgan fingerprint density at radius 3 is 1.98 bits per heavy atom. The van der Waals surface area contributed by atoms with Crippen LogP contribution in [0.3, 0.4) is 0 Å². The maximum Gasteiger partial charge on any atom is 0.261 e. The SMILES string of the molecule is C[Si](C)(C)O[C@@H]1[C@@H](OC23CC4CC(CC(C4)C2)C3)O[C@@H]2CO[C@@H](c3ccccc3)O[C@H]2[C@@H]1N1C(=O)c2ccccc2C1=O. The van der Waals surface area contributed by atoms with Crippen molar-refractivity contribution in [3.8, 4) is 0 Å². The molecule has 228 valence electrons. The van der Waals surface area contributed by atoms with E-state index in [9.17, 15) is 9.59 Å². The average Bonchev–Trinajstić information content (AvgIpc) is 3.21.